The van der Waals surface area contributed by atoms with Crippen LogP contribution in [0.5, 0.6) is 0 Å². The van der Waals surface area contributed by atoms with E-state index in [9.17, 15) is 9.59 Å². The van der Waals surface area contributed by atoms with E-state index in [-0.39, 0.29) is 11.9 Å². The molecule has 0 spiro atoms. The number of unbranched alkanes of at least 4 members (excludes halogenated alkanes) is 2. The van der Waals surface area contributed by atoms with Gasteiger partial charge in [0.15, 0.2) is 5.16 Å². The average Bonchev–Trinajstić information content (AvgIpc) is 3.03. The first kappa shape index (κ1) is 19.8. The van der Waals surface area contributed by atoms with Gasteiger partial charge in [0.05, 0.1) is 5.25 Å². The lowest BCUT2D eigenvalue weighted by molar-refractivity contribution is -0.119. The molecule has 1 saturated carbocycles. The molecule has 1 atom stereocenters. The van der Waals surface area contributed by atoms with Gasteiger partial charge in [0.1, 0.15) is 6.33 Å². The molecule has 0 aliphatic heterocycles. The maximum atomic E-state index is 12.2. The standard InChI is InChI=1S/C17H29N5O2S/c1-3-4-8-11-22-12-18-21-17(22)25-13(2)15(23)20-16(24)19-14-9-6-5-7-10-14/h12-14H,3-11H2,1-2H3,(H2,19,20,23,24)/t13-/m1/s1. The minimum atomic E-state index is -0.411. The highest BCUT2D eigenvalue weighted by Crippen LogP contribution is 2.21. The molecule has 140 valence electrons. The molecule has 0 bridgehead atoms. The molecule has 8 heteroatoms. The van der Waals surface area contributed by atoms with Crippen LogP contribution in [0.2, 0.25) is 0 Å². The third-order valence-electron chi connectivity index (χ3n) is 4.41. The molecule has 1 heterocycles. The van der Waals surface area contributed by atoms with Gasteiger partial charge in [-0.1, -0.05) is 50.8 Å². The highest BCUT2D eigenvalue weighted by Gasteiger charge is 2.21. The van der Waals surface area contributed by atoms with E-state index in [1.54, 1.807) is 13.3 Å². The summed E-state index contributed by atoms with van der Waals surface area (Å²) >= 11 is 1.33. The number of amides is 3. The molecule has 3 amide bonds. The Morgan fingerprint density at radius 3 is 2.80 bits per heavy atom. The molecular formula is C17H29N5O2S. The van der Waals surface area contributed by atoms with Gasteiger partial charge in [-0.15, -0.1) is 10.2 Å². The summed E-state index contributed by atoms with van der Waals surface area (Å²) in [7, 11) is 0. The Morgan fingerprint density at radius 2 is 2.08 bits per heavy atom. The van der Waals surface area contributed by atoms with Crippen molar-refractivity contribution < 1.29 is 9.59 Å². The molecular weight excluding hydrogens is 338 g/mol. The van der Waals surface area contributed by atoms with Crippen LogP contribution in [0.25, 0.3) is 0 Å². The molecule has 1 aliphatic carbocycles. The maximum Gasteiger partial charge on any atom is 0.321 e. The van der Waals surface area contributed by atoms with Gasteiger partial charge in [0, 0.05) is 12.6 Å². The monoisotopic (exact) mass is 367 g/mol. The zero-order chi connectivity index (χ0) is 18.1. The van der Waals surface area contributed by atoms with Crippen molar-refractivity contribution in [2.24, 2.45) is 0 Å². The van der Waals surface area contributed by atoms with Crippen LogP contribution in [0, 0.1) is 0 Å². The molecule has 0 aromatic carbocycles. The highest BCUT2D eigenvalue weighted by atomic mass is 32.2. The van der Waals surface area contributed by atoms with Gasteiger partial charge < -0.3 is 9.88 Å². The summed E-state index contributed by atoms with van der Waals surface area (Å²) in [5.41, 5.74) is 0. The zero-order valence-electron chi connectivity index (χ0n) is 15.2. The average molecular weight is 368 g/mol. The van der Waals surface area contributed by atoms with E-state index in [1.807, 2.05) is 4.57 Å². The third kappa shape index (κ3) is 6.68. The number of hydrogen-bond acceptors (Lipinski definition) is 5. The van der Waals surface area contributed by atoms with Crippen molar-refractivity contribution in [3.05, 3.63) is 6.33 Å². The van der Waals surface area contributed by atoms with Crippen molar-refractivity contribution in [1.29, 1.82) is 0 Å². The smallest absolute Gasteiger partial charge is 0.321 e. The van der Waals surface area contributed by atoms with Crippen LogP contribution in [0.4, 0.5) is 4.79 Å². The molecule has 2 N–H and O–H groups in total. The maximum absolute atomic E-state index is 12.2. The first-order valence-corrected chi connectivity index (χ1v) is 10.1. The molecule has 1 aromatic heterocycles. The molecule has 7 nitrogen and oxygen atoms in total. The van der Waals surface area contributed by atoms with Gasteiger partial charge in [0.25, 0.3) is 0 Å². The van der Waals surface area contributed by atoms with Crippen molar-refractivity contribution in [3.8, 4) is 0 Å². The van der Waals surface area contributed by atoms with E-state index in [4.69, 9.17) is 0 Å². The fourth-order valence-corrected chi connectivity index (χ4v) is 3.77. The van der Waals surface area contributed by atoms with Gasteiger partial charge in [-0.05, 0) is 26.2 Å². The van der Waals surface area contributed by atoms with Crippen LogP contribution < -0.4 is 10.6 Å². The summed E-state index contributed by atoms with van der Waals surface area (Å²) in [5, 5.41) is 13.7. The molecule has 2 rings (SSSR count). The number of nitrogens with zero attached hydrogens (tertiary/aromatic N) is 3. The second-order valence-corrected chi connectivity index (χ2v) is 7.88. The summed E-state index contributed by atoms with van der Waals surface area (Å²) < 4.78 is 1.96. The molecule has 0 unspecified atom stereocenters. The Hall–Kier alpha value is -1.57. The fraction of sp³-hybridized carbons (Fsp3) is 0.765. The summed E-state index contributed by atoms with van der Waals surface area (Å²) in [6.45, 7) is 4.78. The quantitative estimate of drug-likeness (QED) is 0.544. The fourth-order valence-electron chi connectivity index (χ4n) is 2.91. The Kier molecular flexibility index (Phi) is 8.24. The molecule has 1 fully saturated rings. The predicted molar refractivity (Wildman–Crippen MR) is 98.4 cm³/mol. The summed E-state index contributed by atoms with van der Waals surface area (Å²) in [4.78, 5) is 24.2. The normalized spacial score (nSPS) is 16.4. The Bertz CT molecular complexity index is 557. The Labute approximate surface area is 153 Å². The van der Waals surface area contributed by atoms with E-state index >= 15 is 0 Å². The highest BCUT2D eigenvalue weighted by molar-refractivity contribution is 8.00. The van der Waals surface area contributed by atoms with E-state index in [0.717, 1.165) is 51.5 Å². The van der Waals surface area contributed by atoms with Crippen molar-refractivity contribution in [2.75, 3.05) is 0 Å². The second-order valence-electron chi connectivity index (χ2n) is 6.57. The molecule has 25 heavy (non-hydrogen) atoms. The van der Waals surface area contributed by atoms with Crippen molar-refractivity contribution in [1.82, 2.24) is 25.4 Å². The van der Waals surface area contributed by atoms with E-state index in [2.05, 4.69) is 27.8 Å². The van der Waals surface area contributed by atoms with Gasteiger partial charge in [-0.3, -0.25) is 10.1 Å². The zero-order valence-corrected chi connectivity index (χ0v) is 16.0. The molecule has 0 radical (unpaired) electrons. The Morgan fingerprint density at radius 1 is 1.32 bits per heavy atom. The van der Waals surface area contributed by atoms with Crippen LogP contribution in [0.15, 0.2) is 11.5 Å². The van der Waals surface area contributed by atoms with Crippen molar-refractivity contribution in [2.45, 2.75) is 88.2 Å². The second kappa shape index (κ2) is 10.4. The van der Waals surface area contributed by atoms with Gasteiger partial charge >= 0.3 is 6.03 Å². The van der Waals surface area contributed by atoms with E-state index in [0.29, 0.717) is 5.16 Å². The first-order valence-electron chi connectivity index (χ1n) is 9.26. The van der Waals surface area contributed by atoms with Gasteiger partial charge in [-0.2, -0.15) is 0 Å². The number of hydrogen-bond donors (Lipinski definition) is 2. The minimum Gasteiger partial charge on any atom is -0.335 e. The number of carbonyl (C=O) groups is 2. The van der Waals surface area contributed by atoms with Crippen LogP contribution >= 0.6 is 11.8 Å². The number of carbonyl (C=O) groups excluding carboxylic acids is 2. The lowest BCUT2D eigenvalue weighted by atomic mass is 9.96. The number of imide groups is 1. The minimum absolute atomic E-state index is 0.186. The number of thioether (sulfide) groups is 1. The summed E-state index contributed by atoms with van der Waals surface area (Å²) in [6.07, 6.45) is 10.5. The summed E-state index contributed by atoms with van der Waals surface area (Å²) in [5.74, 6) is -0.304. The van der Waals surface area contributed by atoms with Crippen molar-refractivity contribution >= 4 is 23.7 Å². The number of urea groups is 1. The SMILES string of the molecule is CCCCCn1cnnc1S[C@H](C)C(=O)NC(=O)NC1CCCCC1. The van der Waals surface area contributed by atoms with Crippen LogP contribution in [0.3, 0.4) is 0 Å². The number of rotatable bonds is 8. The van der Waals surface area contributed by atoms with Crippen LogP contribution in [-0.2, 0) is 11.3 Å². The number of aromatic nitrogens is 3. The van der Waals surface area contributed by atoms with Gasteiger partial charge in [0.2, 0.25) is 5.91 Å². The molecule has 1 aromatic rings. The number of aryl methyl sites for hydroxylation is 1. The largest absolute Gasteiger partial charge is 0.335 e. The van der Waals surface area contributed by atoms with Crippen LogP contribution in [0.1, 0.15) is 65.2 Å². The Balaban J connectivity index is 1.77. The topological polar surface area (TPSA) is 88.9 Å². The van der Waals surface area contributed by atoms with Gasteiger partial charge in [-0.25, -0.2) is 4.79 Å². The third-order valence-corrected chi connectivity index (χ3v) is 5.51. The molecule has 0 saturated heterocycles. The number of nitrogens with one attached hydrogen (secondary N) is 2. The molecule has 1 aliphatic rings. The first-order chi connectivity index (χ1) is 12.1. The van der Waals surface area contributed by atoms with Crippen molar-refractivity contribution in [3.63, 3.8) is 0 Å². The lowest BCUT2D eigenvalue weighted by Crippen LogP contribution is -2.47. The van der Waals surface area contributed by atoms with E-state index < -0.39 is 11.3 Å². The van der Waals surface area contributed by atoms with E-state index in [1.165, 1.54) is 18.2 Å². The lowest BCUT2D eigenvalue weighted by Gasteiger charge is -2.23. The predicted octanol–water partition coefficient (Wildman–Crippen LogP) is 3.11. The summed E-state index contributed by atoms with van der Waals surface area (Å²) in [6, 6.07) is -0.208. The van der Waals surface area contributed by atoms with Crippen LogP contribution in [-0.4, -0.2) is 38.0 Å².